The van der Waals surface area contributed by atoms with Gasteiger partial charge >= 0.3 is 6.03 Å². The number of carbonyl (C=O) groups excluding carboxylic acids is 1. The molecule has 6 heteroatoms. The normalized spacial score (nSPS) is 11.2. The summed E-state index contributed by atoms with van der Waals surface area (Å²) in [6, 6.07) is 2.53. The molecule has 0 heterocycles. The first-order valence-corrected chi connectivity index (χ1v) is 6.11. The van der Waals surface area contributed by atoms with E-state index in [9.17, 15) is 18.7 Å². The summed E-state index contributed by atoms with van der Waals surface area (Å²) in [6.07, 6.45) is 1.12. The molecular weight excluding hydrogens is 254 g/mol. The summed E-state index contributed by atoms with van der Waals surface area (Å²) in [4.78, 5) is 11.8. The van der Waals surface area contributed by atoms with Gasteiger partial charge in [0.2, 0.25) is 0 Å². The van der Waals surface area contributed by atoms with E-state index in [1.54, 1.807) is 0 Å². The molecule has 0 aliphatic carbocycles. The van der Waals surface area contributed by atoms with Crippen LogP contribution in [0.25, 0.3) is 0 Å². The molecule has 0 atom stereocenters. The Bertz CT molecular complexity index is 440. The standard InChI is InChI=1S/C13H18F2N2O2/c1-3-13(4-2,8-18)17-12(19)16-9-5-6-10(14)11(15)7-9/h5-7,18H,3-4,8H2,1-2H3,(H2,16,17,19). The van der Waals surface area contributed by atoms with Gasteiger partial charge in [-0.05, 0) is 25.0 Å². The lowest BCUT2D eigenvalue weighted by Crippen LogP contribution is -2.52. The molecule has 0 saturated heterocycles. The van der Waals surface area contributed by atoms with Gasteiger partial charge in [0.05, 0.1) is 12.1 Å². The second-order valence-corrected chi connectivity index (χ2v) is 4.35. The van der Waals surface area contributed by atoms with E-state index in [0.717, 1.165) is 12.1 Å². The minimum absolute atomic E-state index is 0.149. The van der Waals surface area contributed by atoms with Crippen LogP contribution in [0.15, 0.2) is 18.2 Å². The largest absolute Gasteiger partial charge is 0.394 e. The van der Waals surface area contributed by atoms with Gasteiger partial charge in [0.1, 0.15) is 0 Å². The fraction of sp³-hybridized carbons (Fsp3) is 0.462. The molecule has 0 aromatic heterocycles. The Hall–Kier alpha value is -1.69. The average molecular weight is 272 g/mol. The summed E-state index contributed by atoms with van der Waals surface area (Å²) < 4.78 is 25.7. The Morgan fingerprint density at radius 3 is 2.37 bits per heavy atom. The topological polar surface area (TPSA) is 61.4 Å². The molecule has 0 bridgehead atoms. The van der Waals surface area contributed by atoms with Crippen molar-refractivity contribution in [1.82, 2.24) is 5.32 Å². The lowest BCUT2D eigenvalue weighted by Gasteiger charge is -2.30. The van der Waals surface area contributed by atoms with Crippen LogP contribution in [0.3, 0.4) is 0 Å². The molecule has 1 aromatic carbocycles. The van der Waals surface area contributed by atoms with E-state index in [1.807, 2.05) is 13.8 Å². The molecule has 1 rings (SSSR count). The molecule has 3 N–H and O–H groups in total. The number of carbonyl (C=O) groups is 1. The van der Waals surface area contributed by atoms with Crippen molar-refractivity contribution in [3.8, 4) is 0 Å². The molecule has 0 radical (unpaired) electrons. The zero-order chi connectivity index (χ0) is 14.5. The van der Waals surface area contributed by atoms with Gasteiger partial charge in [-0.2, -0.15) is 0 Å². The molecule has 1 aromatic rings. The third kappa shape index (κ3) is 3.89. The summed E-state index contributed by atoms with van der Waals surface area (Å²) >= 11 is 0. The summed E-state index contributed by atoms with van der Waals surface area (Å²) in [6.45, 7) is 3.50. The summed E-state index contributed by atoms with van der Waals surface area (Å²) in [5.74, 6) is -2.00. The third-order valence-electron chi connectivity index (χ3n) is 3.21. The number of nitrogens with one attached hydrogen (secondary N) is 2. The van der Waals surface area contributed by atoms with E-state index in [1.165, 1.54) is 6.07 Å². The highest BCUT2D eigenvalue weighted by Gasteiger charge is 2.27. The van der Waals surface area contributed by atoms with Crippen molar-refractivity contribution >= 4 is 11.7 Å². The maximum atomic E-state index is 13.0. The predicted octanol–water partition coefficient (Wildman–Crippen LogP) is 2.64. The zero-order valence-electron chi connectivity index (χ0n) is 11.0. The Kier molecular flexibility index (Phi) is 5.23. The molecular formula is C13H18F2N2O2. The number of urea groups is 1. The van der Waals surface area contributed by atoms with Crippen LogP contribution in [0.2, 0.25) is 0 Å². The van der Waals surface area contributed by atoms with Crippen LogP contribution in [0.1, 0.15) is 26.7 Å². The fourth-order valence-electron chi connectivity index (χ4n) is 1.67. The predicted molar refractivity (Wildman–Crippen MR) is 68.9 cm³/mol. The Morgan fingerprint density at radius 1 is 1.26 bits per heavy atom. The molecule has 4 nitrogen and oxygen atoms in total. The lowest BCUT2D eigenvalue weighted by molar-refractivity contribution is 0.155. The smallest absolute Gasteiger partial charge is 0.319 e. The zero-order valence-corrected chi connectivity index (χ0v) is 11.0. The van der Waals surface area contributed by atoms with E-state index >= 15 is 0 Å². The first kappa shape index (κ1) is 15.4. The van der Waals surface area contributed by atoms with E-state index < -0.39 is 23.2 Å². The first-order chi connectivity index (χ1) is 8.96. The Morgan fingerprint density at radius 2 is 1.89 bits per heavy atom. The van der Waals surface area contributed by atoms with Gasteiger partial charge in [0.25, 0.3) is 0 Å². The molecule has 0 unspecified atom stereocenters. The number of anilines is 1. The Balaban J connectivity index is 2.71. The highest BCUT2D eigenvalue weighted by molar-refractivity contribution is 5.89. The van der Waals surface area contributed by atoms with Crippen molar-refractivity contribution < 1.29 is 18.7 Å². The number of hydrogen-bond donors (Lipinski definition) is 3. The number of aliphatic hydroxyl groups is 1. The average Bonchev–Trinajstić information content (AvgIpc) is 2.40. The van der Waals surface area contributed by atoms with Crippen molar-refractivity contribution in [3.05, 3.63) is 29.8 Å². The summed E-state index contributed by atoms with van der Waals surface area (Å²) in [5, 5.41) is 14.4. The quantitative estimate of drug-likeness (QED) is 0.771. The molecule has 0 spiro atoms. The highest BCUT2D eigenvalue weighted by atomic mass is 19.2. The van der Waals surface area contributed by atoms with Crippen LogP contribution in [0, 0.1) is 11.6 Å². The molecule has 0 aliphatic heterocycles. The number of benzene rings is 1. The fourth-order valence-corrected chi connectivity index (χ4v) is 1.67. The van der Waals surface area contributed by atoms with Gasteiger partial charge in [-0.3, -0.25) is 0 Å². The minimum Gasteiger partial charge on any atom is -0.394 e. The lowest BCUT2D eigenvalue weighted by atomic mass is 9.94. The molecule has 19 heavy (non-hydrogen) atoms. The molecule has 0 saturated carbocycles. The minimum atomic E-state index is -1.03. The molecule has 0 aliphatic rings. The highest BCUT2D eigenvalue weighted by Crippen LogP contribution is 2.16. The summed E-state index contributed by atoms with van der Waals surface area (Å²) in [7, 11) is 0. The van der Waals surface area contributed by atoms with E-state index in [2.05, 4.69) is 10.6 Å². The van der Waals surface area contributed by atoms with Gasteiger partial charge < -0.3 is 15.7 Å². The molecule has 2 amide bonds. The van der Waals surface area contributed by atoms with Crippen molar-refractivity contribution in [3.63, 3.8) is 0 Å². The number of rotatable bonds is 5. The van der Waals surface area contributed by atoms with Gasteiger partial charge in [-0.15, -0.1) is 0 Å². The van der Waals surface area contributed by atoms with Crippen LogP contribution in [0.4, 0.5) is 19.3 Å². The van der Waals surface area contributed by atoms with Crippen molar-refractivity contribution in [2.75, 3.05) is 11.9 Å². The number of hydrogen-bond acceptors (Lipinski definition) is 2. The van der Waals surface area contributed by atoms with Crippen LogP contribution >= 0.6 is 0 Å². The van der Waals surface area contributed by atoms with Crippen LogP contribution in [-0.2, 0) is 0 Å². The summed E-state index contributed by atoms with van der Waals surface area (Å²) in [5.41, 5.74) is -0.557. The van der Waals surface area contributed by atoms with Gasteiger partial charge in [-0.25, -0.2) is 13.6 Å². The number of halogens is 2. The third-order valence-corrected chi connectivity index (χ3v) is 3.21. The maximum absolute atomic E-state index is 13.0. The second kappa shape index (κ2) is 6.47. The van der Waals surface area contributed by atoms with Crippen LogP contribution in [-0.4, -0.2) is 23.3 Å². The SMILES string of the molecule is CCC(CC)(CO)NC(=O)Nc1ccc(F)c(F)c1. The van der Waals surface area contributed by atoms with Crippen LogP contribution in [0.5, 0.6) is 0 Å². The van der Waals surface area contributed by atoms with Crippen molar-refractivity contribution in [2.24, 2.45) is 0 Å². The van der Waals surface area contributed by atoms with Crippen molar-refractivity contribution in [1.29, 1.82) is 0 Å². The molecule has 0 fully saturated rings. The van der Waals surface area contributed by atoms with Gasteiger partial charge in [-0.1, -0.05) is 13.8 Å². The monoisotopic (exact) mass is 272 g/mol. The van der Waals surface area contributed by atoms with Crippen molar-refractivity contribution in [2.45, 2.75) is 32.2 Å². The number of aliphatic hydroxyl groups excluding tert-OH is 1. The van der Waals surface area contributed by atoms with Crippen LogP contribution < -0.4 is 10.6 Å². The molecule has 106 valence electrons. The van der Waals surface area contributed by atoms with E-state index in [-0.39, 0.29) is 12.3 Å². The first-order valence-electron chi connectivity index (χ1n) is 6.11. The van der Waals surface area contributed by atoms with E-state index in [0.29, 0.717) is 12.8 Å². The van der Waals surface area contributed by atoms with Gasteiger partial charge in [0, 0.05) is 11.8 Å². The van der Waals surface area contributed by atoms with E-state index in [4.69, 9.17) is 0 Å². The second-order valence-electron chi connectivity index (χ2n) is 4.35. The number of amides is 2. The van der Waals surface area contributed by atoms with Gasteiger partial charge in [0.15, 0.2) is 11.6 Å². The Labute approximate surface area is 110 Å². The maximum Gasteiger partial charge on any atom is 0.319 e.